The van der Waals surface area contributed by atoms with Crippen LogP contribution in [0.5, 0.6) is 0 Å². The van der Waals surface area contributed by atoms with E-state index in [1.54, 1.807) is 21.8 Å². The van der Waals surface area contributed by atoms with Crippen LogP contribution in [-0.4, -0.2) is 38.9 Å². The van der Waals surface area contributed by atoms with Crippen molar-refractivity contribution >= 4 is 67.3 Å². The second-order valence-corrected chi connectivity index (χ2v) is 9.59. The normalized spacial score (nSPS) is 15.4. The van der Waals surface area contributed by atoms with E-state index in [1.165, 1.54) is 6.92 Å². The third-order valence-corrected chi connectivity index (χ3v) is 7.01. The van der Waals surface area contributed by atoms with Crippen molar-refractivity contribution in [1.29, 1.82) is 0 Å². The molecular weight excluding hydrogens is 571 g/mol. The van der Waals surface area contributed by atoms with Crippen LogP contribution in [0.15, 0.2) is 58.9 Å². The quantitative estimate of drug-likeness (QED) is 0.168. The van der Waals surface area contributed by atoms with E-state index in [4.69, 9.17) is 17.3 Å². The number of nitrogens with zero attached hydrogens (tertiary/aromatic N) is 4. The first kappa shape index (κ1) is 23.8. The van der Waals surface area contributed by atoms with Gasteiger partial charge in [0.1, 0.15) is 5.82 Å². The van der Waals surface area contributed by atoms with E-state index < -0.39 is 0 Å². The van der Waals surface area contributed by atoms with Crippen LogP contribution >= 0.6 is 45.5 Å². The Kier molecular flexibility index (Phi) is 7.74. The first-order chi connectivity index (χ1) is 16.0. The number of carbonyl (C=O) groups excluding carboxylic acids is 1. The highest BCUT2D eigenvalue weighted by molar-refractivity contribution is 14.1. The van der Waals surface area contributed by atoms with E-state index in [0.29, 0.717) is 16.7 Å². The molecule has 0 saturated carbocycles. The second-order valence-electron chi connectivity index (χ2n) is 7.55. The molecule has 0 bridgehead atoms. The van der Waals surface area contributed by atoms with Crippen molar-refractivity contribution in [3.8, 4) is 10.4 Å². The highest BCUT2D eigenvalue weighted by atomic mass is 127. The van der Waals surface area contributed by atoms with Gasteiger partial charge in [-0.1, -0.05) is 23.7 Å². The molecule has 1 amide bonds. The van der Waals surface area contributed by atoms with E-state index in [9.17, 15) is 4.79 Å². The maximum absolute atomic E-state index is 11.5. The SMILES string of the molecule is CC(=O)Nc1cc(-c2cc(C(c3ccc(Cl)cc3)N3CCC3)c(/C(N)=N/N=C\I)s2)ccn1. The predicted octanol–water partition coefficient (Wildman–Crippen LogP) is 5.30. The molecule has 1 unspecified atom stereocenters. The number of amidine groups is 1. The molecule has 170 valence electrons. The van der Waals surface area contributed by atoms with E-state index in [1.807, 2.05) is 46.9 Å². The Morgan fingerprint density at radius 2 is 2.06 bits per heavy atom. The third-order valence-electron chi connectivity index (χ3n) is 5.29. The highest BCUT2D eigenvalue weighted by Crippen LogP contribution is 2.41. The van der Waals surface area contributed by atoms with Crippen molar-refractivity contribution < 1.29 is 4.79 Å². The van der Waals surface area contributed by atoms with Gasteiger partial charge < -0.3 is 11.1 Å². The molecule has 3 aromatic rings. The Labute approximate surface area is 214 Å². The molecule has 7 nitrogen and oxygen atoms in total. The summed E-state index contributed by atoms with van der Waals surface area (Å²) in [7, 11) is 0. The number of aromatic nitrogens is 1. The summed E-state index contributed by atoms with van der Waals surface area (Å²) in [4.78, 5) is 20.0. The van der Waals surface area contributed by atoms with Gasteiger partial charge in [-0.3, -0.25) is 9.69 Å². The molecule has 0 spiro atoms. The molecule has 1 atom stereocenters. The van der Waals surface area contributed by atoms with E-state index in [-0.39, 0.29) is 11.9 Å². The smallest absolute Gasteiger partial charge is 0.222 e. The average molecular weight is 593 g/mol. The number of pyridine rings is 1. The topological polar surface area (TPSA) is 96.0 Å². The van der Waals surface area contributed by atoms with E-state index >= 15 is 0 Å². The van der Waals surface area contributed by atoms with Crippen molar-refractivity contribution in [3.63, 3.8) is 0 Å². The van der Waals surface area contributed by atoms with Crippen LogP contribution < -0.4 is 11.1 Å². The molecule has 0 radical (unpaired) electrons. The maximum atomic E-state index is 11.5. The molecule has 1 aromatic carbocycles. The van der Waals surface area contributed by atoms with Gasteiger partial charge in [-0.15, -0.1) is 16.4 Å². The van der Waals surface area contributed by atoms with Gasteiger partial charge >= 0.3 is 0 Å². The van der Waals surface area contributed by atoms with Gasteiger partial charge in [0, 0.05) is 36.1 Å². The zero-order valence-electron chi connectivity index (χ0n) is 17.8. The zero-order chi connectivity index (χ0) is 23.4. The summed E-state index contributed by atoms with van der Waals surface area (Å²) in [5, 5.41) is 11.6. The summed E-state index contributed by atoms with van der Waals surface area (Å²) >= 11 is 9.73. The van der Waals surface area contributed by atoms with Crippen LogP contribution in [0, 0.1) is 0 Å². The van der Waals surface area contributed by atoms with Gasteiger partial charge in [-0.2, -0.15) is 5.10 Å². The molecule has 3 N–H and O–H groups in total. The fraction of sp³-hybridized carbons (Fsp3) is 0.217. The van der Waals surface area contributed by atoms with Gasteiger partial charge in [0.2, 0.25) is 5.91 Å². The predicted molar refractivity (Wildman–Crippen MR) is 145 cm³/mol. The van der Waals surface area contributed by atoms with Crippen LogP contribution in [0.25, 0.3) is 10.4 Å². The van der Waals surface area contributed by atoms with Crippen molar-refractivity contribution in [2.24, 2.45) is 15.9 Å². The molecule has 2 aromatic heterocycles. The first-order valence-corrected chi connectivity index (χ1v) is 12.7. The highest BCUT2D eigenvalue weighted by Gasteiger charge is 2.31. The lowest BCUT2D eigenvalue weighted by Crippen LogP contribution is -2.41. The number of carbonyl (C=O) groups is 1. The number of halogens is 2. The minimum atomic E-state index is -0.166. The number of thiophene rings is 1. The Bertz CT molecular complexity index is 1210. The summed E-state index contributed by atoms with van der Waals surface area (Å²) in [5.41, 5.74) is 9.55. The number of nitrogens with one attached hydrogen (secondary N) is 1. The lowest BCUT2D eigenvalue weighted by molar-refractivity contribution is -0.114. The van der Waals surface area contributed by atoms with Crippen LogP contribution in [0.3, 0.4) is 0 Å². The Balaban J connectivity index is 1.84. The summed E-state index contributed by atoms with van der Waals surface area (Å²) in [5.74, 6) is 0.704. The maximum Gasteiger partial charge on any atom is 0.222 e. The number of amides is 1. The summed E-state index contributed by atoms with van der Waals surface area (Å²) in [6.45, 7) is 3.47. The van der Waals surface area contributed by atoms with Crippen molar-refractivity contribution in [3.05, 3.63) is 69.7 Å². The number of likely N-dealkylation sites (tertiary alicyclic amines) is 1. The number of nitrogens with two attached hydrogens (primary N) is 1. The van der Waals surface area contributed by atoms with Gasteiger partial charge in [0.25, 0.3) is 0 Å². The van der Waals surface area contributed by atoms with Crippen LogP contribution in [0.2, 0.25) is 5.02 Å². The van der Waals surface area contributed by atoms with Gasteiger partial charge in [-0.25, -0.2) is 4.98 Å². The minimum absolute atomic E-state index is 0.0185. The Morgan fingerprint density at radius 3 is 2.70 bits per heavy atom. The number of anilines is 1. The van der Waals surface area contributed by atoms with E-state index in [2.05, 4.69) is 43.6 Å². The van der Waals surface area contributed by atoms with Crippen molar-refractivity contribution in [1.82, 2.24) is 9.88 Å². The molecule has 10 heteroatoms. The van der Waals surface area contributed by atoms with Crippen LogP contribution in [0.4, 0.5) is 5.82 Å². The lowest BCUT2D eigenvalue weighted by atomic mass is 9.94. The Hall–Kier alpha value is -2.34. The Morgan fingerprint density at radius 1 is 1.30 bits per heavy atom. The average Bonchev–Trinajstić information content (AvgIpc) is 3.20. The number of hydrogen-bond donors (Lipinski definition) is 2. The minimum Gasteiger partial charge on any atom is -0.381 e. The summed E-state index contributed by atoms with van der Waals surface area (Å²) in [6, 6.07) is 13.9. The molecule has 1 aliphatic rings. The van der Waals surface area contributed by atoms with Gasteiger partial charge in [-0.05, 0) is 76.0 Å². The number of rotatable bonds is 7. The number of benzene rings is 1. The molecule has 33 heavy (non-hydrogen) atoms. The van der Waals surface area contributed by atoms with Crippen molar-refractivity contribution in [2.45, 2.75) is 19.4 Å². The molecule has 1 aliphatic heterocycles. The lowest BCUT2D eigenvalue weighted by Gasteiger charge is -2.39. The molecular formula is C23H22ClIN6OS. The monoisotopic (exact) mass is 592 g/mol. The molecule has 4 rings (SSSR count). The fourth-order valence-corrected chi connectivity index (χ4v) is 5.08. The summed E-state index contributed by atoms with van der Waals surface area (Å²) in [6.07, 6.45) is 2.84. The van der Waals surface area contributed by atoms with Gasteiger partial charge in [0.15, 0.2) is 5.84 Å². The van der Waals surface area contributed by atoms with Crippen molar-refractivity contribution in [2.75, 3.05) is 18.4 Å². The zero-order valence-corrected chi connectivity index (χ0v) is 21.6. The largest absolute Gasteiger partial charge is 0.381 e. The molecule has 1 saturated heterocycles. The van der Waals surface area contributed by atoms with E-state index in [0.717, 1.165) is 46.0 Å². The number of hydrogen-bond acceptors (Lipinski definition) is 6. The first-order valence-electron chi connectivity index (χ1n) is 10.3. The molecule has 0 aliphatic carbocycles. The molecule has 3 heterocycles. The molecule has 1 fully saturated rings. The second kappa shape index (κ2) is 10.7. The fourth-order valence-electron chi connectivity index (χ4n) is 3.74. The van der Waals surface area contributed by atoms with Gasteiger partial charge in [0.05, 0.1) is 15.1 Å². The summed E-state index contributed by atoms with van der Waals surface area (Å²) < 4.78 is 1.58. The standard InChI is InChI=1S/C23H22ClIN6OS/c1-14(32)29-20-11-16(7-8-27-20)19-12-18(22(33-19)23(26)30-28-13-25)21(31-9-2-10-31)15-3-5-17(24)6-4-15/h3-8,11-13,21H,2,9-10H2,1H3,(H2,26,30)(H,27,29,32)/b28-13-. The third kappa shape index (κ3) is 5.60. The van der Waals surface area contributed by atoms with Crippen LogP contribution in [-0.2, 0) is 4.79 Å². The van der Waals surface area contributed by atoms with Crippen LogP contribution in [0.1, 0.15) is 35.4 Å².